The molecule has 1 aliphatic heterocycles. The van der Waals surface area contributed by atoms with Crippen molar-refractivity contribution >= 4 is 28.7 Å². The van der Waals surface area contributed by atoms with E-state index in [-0.39, 0.29) is 18.7 Å². The van der Waals surface area contributed by atoms with Crippen LogP contribution in [0.2, 0.25) is 0 Å². The summed E-state index contributed by atoms with van der Waals surface area (Å²) in [5.41, 5.74) is 4.20. The number of carbonyl (C=O) groups is 2. The molecule has 0 spiro atoms. The maximum absolute atomic E-state index is 12.2. The number of aromatic nitrogens is 2. The lowest BCUT2D eigenvalue weighted by atomic mass is 10.2. The lowest BCUT2D eigenvalue weighted by molar-refractivity contribution is -0.148. The van der Waals surface area contributed by atoms with Crippen LogP contribution in [0.1, 0.15) is 24.2 Å². The van der Waals surface area contributed by atoms with Gasteiger partial charge in [-0.2, -0.15) is 0 Å². The van der Waals surface area contributed by atoms with Crippen molar-refractivity contribution in [2.24, 2.45) is 0 Å². The van der Waals surface area contributed by atoms with Crippen LogP contribution in [0.4, 0.5) is 5.69 Å². The average Bonchev–Trinajstić information content (AvgIpc) is 3.27. The Morgan fingerprint density at radius 3 is 2.51 bits per heavy atom. The fourth-order valence-electron chi connectivity index (χ4n) is 4.13. The first-order valence-electron chi connectivity index (χ1n) is 11.8. The first kappa shape index (κ1) is 24.7. The molecule has 186 valence electrons. The highest BCUT2D eigenvalue weighted by atomic mass is 16.6. The number of nitrogens with zero attached hydrogens (tertiary/aromatic N) is 4. The highest BCUT2D eigenvalue weighted by Crippen LogP contribution is 2.24. The number of imidazole rings is 1. The summed E-state index contributed by atoms with van der Waals surface area (Å²) in [6.45, 7) is 7.89. The van der Waals surface area contributed by atoms with E-state index in [0.29, 0.717) is 18.7 Å². The Labute approximate surface area is 205 Å². The Morgan fingerprint density at radius 1 is 1.00 bits per heavy atom. The highest BCUT2D eigenvalue weighted by Gasteiger charge is 2.21. The van der Waals surface area contributed by atoms with Gasteiger partial charge in [0.25, 0.3) is 0 Å². The molecular weight excluding hydrogens is 448 g/mol. The SMILES string of the molecule is COCCOC(=O)c1ccc2c(c1)ncn2-c1cccc(N2CCN(CC(=O)OC(C)C)CC2)c1. The number of anilines is 1. The molecule has 2 heterocycles. The predicted molar refractivity (Wildman–Crippen MR) is 133 cm³/mol. The summed E-state index contributed by atoms with van der Waals surface area (Å²) in [4.78, 5) is 33.2. The second-order valence-electron chi connectivity index (χ2n) is 8.77. The Kier molecular flexibility index (Phi) is 7.99. The van der Waals surface area contributed by atoms with Gasteiger partial charge in [-0.05, 0) is 50.2 Å². The minimum absolute atomic E-state index is 0.0907. The molecular formula is C26H32N4O5. The van der Waals surface area contributed by atoms with Crippen LogP contribution in [0.15, 0.2) is 48.8 Å². The number of esters is 2. The summed E-state index contributed by atoms with van der Waals surface area (Å²) in [6.07, 6.45) is 1.68. The molecule has 0 N–H and O–H groups in total. The second kappa shape index (κ2) is 11.3. The van der Waals surface area contributed by atoms with E-state index in [1.165, 1.54) is 0 Å². The highest BCUT2D eigenvalue weighted by molar-refractivity contribution is 5.94. The van der Waals surface area contributed by atoms with Crippen LogP contribution in [0.25, 0.3) is 16.7 Å². The number of ether oxygens (including phenoxy) is 3. The Balaban J connectivity index is 1.43. The van der Waals surface area contributed by atoms with Gasteiger partial charge in [0.05, 0.1) is 35.9 Å². The van der Waals surface area contributed by atoms with Gasteiger partial charge < -0.3 is 19.1 Å². The number of hydrogen-bond acceptors (Lipinski definition) is 8. The van der Waals surface area contributed by atoms with Gasteiger partial charge >= 0.3 is 11.9 Å². The molecule has 0 unspecified atom stereocenters. The average molecular weight is 481 g/mol. The van der Waals surface area contributed by atoms with Crippen LogP contribution in [0.5, 0.6) is 0 Å². The molecule has 9 heteroatoms. The van der Waals surface area contributed by atoms with Crippen molar-refractivity contribution in [1.82, 2.24) is 14.5 Å². The molecule has 4 rings (SSSR count). The van der Waals surface area contributed by atoms with E-state index in [2.05, 4.69) is 26.9 Å². The van der Waals surface area contributed by atoms with Gasteiger partial charge in [0.1, 0.15) is 12.9 Å². The summed E-state index contributed by atoms with van der Waals surface area (Å²) in [7, 11) is 1.56. The number of fused-ring (bicyclic) bond motifs is 1. The second-order valence-corrected chi connectivity index (χ2v) is 8.77. The van der Waals surface area contributed by atoms with Crippen LogP contribution in [-0.4, -0.2) is 85.5 Å². The molecule has 1 aliphatic rings. The topological polar surface area (TPSA) is 86.1 Å². The van der Waals surface area contributed by atoms with Crippen LogP contribution in [0, 0.1) is 0 Å². The van der Waals surface area contributed by atoms with E-state index >= 15 is 0 Å². The zero-order valence-electron chi connectivity index (χ0n) is 20.5. The number of methoxy groups -OCH3 is 1. The molecule has 3 aromatic rings. The first-order valence-corrected chi connectivity index (χ1v) is 11.8. The van der Waals surface area contributed by atoms with Gasteiger partial charge in [0.2, 0.25) is 0 Å². The Hall–Kier alpha value is -3.43. The van der Waals surface area contributed by atoms with Crippen molar-refractivity contribution in [1.29, 1.82) is 0 Å². The molecule has 1 fully saturated rings. The van der Waals surface area contributed by atoms with E-state index in [0.717, 1.165) is 48.6 Å². The third-order valence-corrected chi connectivity index (χ3v) is 5.87. The van der Waals surface area contributed by atoms with Crippen molar-refractivity contribution in [3.8, 4) is 5.69 Å². The summed E-state index contributed by atoms with van der Waals surface area (Å²) in [5.74, 6) is -0.564. The van der Waals surface area contributed by atoms with E-state index < -0.39 is 5.97 Å². The van der Waals surface area contributed by atoms with Crippen LogP contribution in [-0.2, 0) is 19.0 Å². The maximum Gasteiger partial charge on any atom is 0.338 e. The molecule has 1 saturated heterocycles. The van der Waals surface area contributed by atoms with Crippen molar-refractivity contribution in [3.05, 3.63) is 54.4 Å². The van der Waals surface area contributed by atoms with Gasteiger partial charge in [-0.1, -0.05) is 6.07 Å². The molecule has 0 saturated carbocycles. The van der Waals surface area contributed by atoms with Crippen molar-refractivity contribution in [3.63, 3.8) is 0 Å². The first-order chi connectivity index (χ1) is 16.9. The van der Waals surface area contributed by atoms with Gasteiger partial charge in [-0.15, -0.1) is 0 Å². The summed E-state index contributed by atoms with van der Waals surface area (Å²) in [6, 6.07) is 13.7. The van der Waals surface area contributed by atoms with Gasteiger partial charge in [-0.25, -0.2) is 9.78 Å². The molecule has 1 aromatic heterocycles. The lowest BCUT2D eigenvalue weighted by Crippen LogP contribution is -2.48. The number of hydrogen-bond donors (Lipinski definition) is 0. The van der Waals surface area contributed by atoms with Gasteiger partial charge in [-0.3, -0.25) is 14.3 Å². The van der Waals surface area contributed by atoms with Crippen LogP contribution >= 0.6 is 0 Å². The van der Waals surface area contributed by atoms with E-state index in [9.17, 15) is 9.59 Å². The van der Waals surface area contributed by atoms with Crippen molar-refractivity contribution in [2.75, 3.05) is 57.9 Å². The smallest absolute Gasteiger partial charge is 0.338 e. The zero-order valence-corrected chi connectivity index (χ0v) is 20.5. The van der Waals surface area contributed by atoms with E-state index in [1.54, 1.807) is 25.6 Å². The van der Waals surface area contributed by atoms with Crippen molar-refractivity contribution < 1.29 is 23.8 Å². The number of carbonyl (C=O) groups excluding carboxylic acids is 2. The monoisotopic (exact) mass is 480 g/mol. The number of rotatable bonds is 9. The summed E-state index contributed by atoms with van der Waals surface area (Å²) in [5, 5.41) is 0. The Morgan fingerprint density at radius 2 is 1.77 bits per heavy atom. The summed E-state index contributed by atoms with van der Waals surface area (Å²) < 4.78 is 17.4. The molecule has 0 radical (unpaired) electrons. The van der Waals surface area contributed by atoms with E-state index in [1.807, 2.05) is 36.6 Å². The fraction of sp³-hybridized carbons (Fsp3) is 0.423. The van der Waals surface area contributed by atoms with Crippen LogP contribution in [0.3, 0.4) is 0 Å². The third-order valence-electron chi connectivity index (χ3n) is 5.87. The molecule has 0 aliphatic carbocycles. The lowest BCUT2D eigenvalue weighted by Gasteiger charge is -2.35. The van der Waals surface area contributed by atoms with Gasteiger partial charge in [0.15, 0.2) is 0 Å². The predicted octanol–water partition coefficient (Wildman–Crippen LogP) is 2.90. The molecule has 2 aromatic carbocycles. The fourth-order valence-corrected chi connectivity index (χ4v) is 4.13. The minimum atomic E-state index is -0.392. The van der Waals surface area contributed by atoms with Crippen LogP contribution < -0.4 is 4.90 Å². The molecule has 0 amide bonds. The molecule has 35 heavy (non-hydrogen) atoms. The largest absolute Gasteiger partial charge is 0.462 e. The summed E-state index contributed by atoms with van der Waals surface area (Å²) >= 11 is 0. The van der Waals surface area contributed by atoms with E-state index in [4.69, 9.17) is 14.2 Å². The minimum Gasteiger partial charge on any atom is -0.462 e. The number of piperazine rings is 1. The molecule has 9 nitrogen and oxygen atoms in total. The molecule has 0 bridgehead atoms. The quantitative estimate of drug-likeness (QED) is 0.341. The normalized spacial score (nSPS) is 14.5. The number of benzene rings is 2. The van der Waals surface area contributed by atoms with Crippen molar-refractivity contribution in [2.45, 2.75) is 20.0 Å². The molecule has 0 atom stereocenters. The zero-order chi connectivity index (χ0) is 24.8. The Bertz CT molecular complexity index is 1170. The standard InChI is InChI=1S/C26H32N4O5/c1-19(2)35-25(31)17-28-9-11-29(12-10-28)21-5-4-6-22(16-21)30-18-27-23-15-20(7-8-24(23)30)26(32)34-14-13-33-3/h4-8,15-16,18-19H,9-14,17H2,1-3H3. The maximum atomic E-state index is 12.2. The third kappa shape index (κ3) is 6.17. The van der Waals surface area contributed by atoms with Gasteiger partial charge in [0, 0.05) is 44.7 Å².